The van der Waals surface area contributed by atoms with Gasteiger partial charge in [-0.3, -0.25) is 9.59 Å². The molecule has 0 spiro atoms. The van der Waals surface area contributed by atoms with Gasteiger partial charge in [-0.1, -0.05) is 47.0 Å². The molecular formula is C15H16N4O2S3. The lowest BCUT2D eigenvalue weighted by molar-refractivity contribution is -0.117. The summed E-state index contributed by atoms with van der Waals surface area (Å²) in [5.74, 6) is 0.138. The van der Waals surface area contributed by atoms with Gasteiger partial charge in [-0.2, -0.15) is 0 Å². The highest BCUT2D eigenvalue weighted by atomic mass is 32.2. The number of anilines is 2. The van der Waals surface area contributed by atoms with E-state index in [1.54, 1.807) is 4.90 Å². The lowest BCUT2D eigenvalue weighted by atomic mass is 10.2. The molecule has 126 valence electrons. The van der Waals surface area contributed by atoms with E-state index >= 15 is 0 Å². The summed E-state index contributed by atoms with van der Waals surface area (Å²) in [5.41, 5.74) is 1.41. The summed E-state index contributed by atoms with van der Waals surface area (Å²) < 4.78 is 1.66. The van der Waals surface area contributed by atoms with Crippen LogP contribution in [0.3, 0.4) is 0 Å². The summed E-state index contributed by atoms with van der Waals surface area (Å²) in [6, 6.07) is 7.19. The Morgan fingerprint density at radius 3 is 2.88 bits per heavy atom. The van der Waals surface area contributed by atoms with E-state index in [-0.39, 0.29) is 30.0 Å². The molecule has 1 aliphatic heterocycles. The molecule has 2 aromatic rings. The van der Waals surface area contributed by atoms with E-state index in [1.165, 1.54) is 34.9 Å². The number of para-hydroxylation sites is 2. The van der Waals surface area contributed by atoms with E-state index in [0.717, 1.165) is 14.4 Å². The van der Waals surface area contributed by atoms with Crippen LogP contribution in [0.1, 0.15) is 13.3 Å². The quantitative estimate of drug-likeness (QED) is 0.822. The van der Waals surface area contributed by atoms with Crippen molar-refractivity contribution in [1.82, 2.24) is 10.2 Å². The molecule has 1 atom stereocenters. The molecule has 3 rings (SSSR count). The second-order valence-electron chi connectivity index (χ2n) is 5.21. The van der Waals surface area contributed by atoms with Crippen molar-refractivity contribution in [2.24, 2.45) is 0 Å². The second-order valence-corrected chi connectivity index (χ2v) is 8.46. The summed E-state index contributed by atoms with van der Waals surface area (Å²) in [4.78, 5) is 26.5. The molecule has 2 heterocycles. The Hall–Kier alpha value is -1.58. The molecule has 9 heteroatoms. The fraction of sp³-hybridized carbons (Fsp3) is 0.333. The lowest BCUT2D eigenvalue weighted by Gasteiger charge is -2.27. The van der Waals surface area contributed by atoms with E-state index in [9.17, 15) is 9.59 Å². The third-order valence-corrected chi connectivity index (χ3v) is 6.53. The molecule has 1 N–H and O–H groups in total. The number of nitrogens with zero attached hydrogens (tertiary/aromatic N) is 3. The number of benzene rings is 1. The minimum atomic E-state index is -0.196. The third kappa shape index (κ3) is 3.73. The van der Waals surface area contributed by atoms with Gasteiger partial charge in [-0.25, -0.2) is 0 Å². The maximum Gasteiger partial charge on any atom is 0.237 e. The molecule has 2 amide bonds. The monoisotopic (exact) mass is 380 g/mol. The zero-order valence-corrected chi connectivity index (χ0v) is 15.6. The summed E-state index contributed by atoms with van der Waals surface area (Å²) in [6.45, 7) is 1.89. The first kappa shape index (κ1) is 17.2. The van der Waals surface area contributed by atoms with Crippen LogP contribution in [0, 0.1) is 0 Å². The SMILES string of the molecule is CSc1nnc(SCC(=O)N2c3ccccc3NC(=O)CC2C)s1. The van der Waals surface area contributed by atoms with Gasteiger partial charge in [0, 0.05) is 12.5 Å². The van der Waals surface area contributed by atoms with Crippen molar-refractivity contribution in [2.45, 2.75) is 28.1 Å². The molecule has 0 saturated carbocycles. The first-order valence-corrected chi connectivity index (χ1v) is 10.3. The number of thioether (sulfide) groups is 2. The number of hydrogen-bond acceptors (Lipinski definition) is 7. The molecule has 1 aliphatic rings. The molecule has 0 saturated heterocycles. The Kier molecular flexibility index (Phi) is 5.42. The Morgan fingerprint density at radius 2 is 2.12 bits per heavy atom. The van der Waals surface area contributed by atoms with Gasteiger partial charge in [0.15, 0.2) is 8.68 Å². The van der Waals surface area contributed by atoms with Crippen molar-refractivity contribution in [2.75, 3.05) is 22.2 Å². The molecule has 24 heavy (non-hydrogen) atoms. The fourth-order valence-electron chi connectivity index (χ4n) is 2.50. The van der Waals surface area contributed by atoms with Crippen LogP contribution in [0.15, 0.2) is 32.9 Å². The number of carbonyl (C=O) groups excluding carboxylic acids is 2. The van der Waals surface area contributed by atoms with Gasteiger partial charge >= 0.3 is 0 Å². The summed E-state index contributed by atoms with van der Waals surface area (Å²) >= 11 is 4.39. The molecule has 0 aliphatic carbocycles. The minimum absolute atomic E-state index is 0.0441. The molecule has 1 aromatic carbocycles. The summed E-state index contributed by atoms with van der Waals surface area (Å²) in [7, 11) is 0. The predicted octanol–water partition coefficient (Wildman–Crippen LogP) is 3.12. The average Bonchev–Trinajstić information content (AvgIpc) is 2.97. The van der Waals surface area contributed by atoms with Gasteiger partial charge < -0.3 is 10.2 Å². The summed E-state index contributed by atoms with van der Waals surface area (Å²) in [6.07, 6.45) is 2.22. The van der Waals surface area contributed by atoms with Gasteiger partial charge in [0.05, 0.1) is 17.1 Å². The van der Waals surface area contributed by atoms with Crippen molar-refractivity contribution in [3.8, 4) is 0 Å². The van der Waals surface area contributed by atoms with Crippen LogP contribution in [0.4, 0.5) is 11.4 Å². The van der Waals surface area contributed by atoms with Gasteiger partial charge in [-0.15, -0.1) is 10.2 Å². The molecule has 1 unspecified atom stereocenters. The zero-order chi connectivity index (χ0) is 17.1. The van der Waals surface area contributed by atoms with Crippen molar-refractivity contribution in [3.63, 3.8) is 0 Å². The van der Waals surface area contributed by atoms with Crippen LogP contribution >= 0.6 is 34.9 Å². The first-order chi connectivity index (χ1) is 11.6. The molecule has 6 nitrogen and oxygen atoms in total. The van der Waals surface area contributed by atoms with E-state index in [4.69, 9.17) is 0 Å². The predicted molar refractivity (Wildman–Crippen MR) is 99.1 cm³/mol. The number of aromatic nitrogens is 2. The van der Waals surface area contributed by atoms with Crippen molar-refractivity contribution in [3.05, 3.63) is 24.3 Å². The standard InChI is InChI=1S/C15H16N4O2S3/c1-9-7-12(20)16-10-5-3-4-6-11(10)19(9)13(21)8-23-15-18-17-14(22-2)24-15/h3-6,9H,7-8H2,1-2H3,(H,16,20). The second kappa shape index (κ2) is 7.54. The fourth-order valence-corrected chi connectivity index (χ4v) is 4.80. The largest absolute Gasteiger partial charge is 0.324 e. The maximum atomic E-state index is 12.8. The average molecular weight is 381 g/mol. The lowest BCUT2D eigenvalue weighted by Crippen LogP contribution is -2.40. The molecule has 1 aromatic heterocycles. The summed E-state index contributed by atoms with van der Waals surface area (Å²) in [5, 5.41) is 11.0. The Bertz CT molecular complexity index is 765. The maximum absolute atomic E-state index is 12.8. The minimum Gasteiger partial charge on any atom is -0.324 e. The highest BCUT2D eigenvalue weighted by Gasteiger charge is 2.29. The molecule has 0 radical (unpaired) electrons. The number of rotatable bonds is 4. The third-order valence-electron chi connectivity index (χ3n) is 3.51. The van der Waals surface area contributed by atoms with E-state index in [2.05, 4.69) is 15.5 Å². The number of amides is 2. The van der Waals surface area contributed by atoms with Crippen LogP contribution in [-0.2, 0) is 9.59 Å². The normalized spacial score (nSPS) is 17.2. The molecule has 0 bridgehead atoms. The smallest absolute Gasteiger partial charge is 0.237 e. The van der Waals surface area contributed by atoms with E-state index in [1.807, 2.05) is 37.4 Å². The van der Waals surface area contributed by atoms with Gasteiger partial charge in [0.25, 0.3) is 0 Å². The van der Waals surface area contributed by atoms with Crippen LogP contribution < -0.4 is 10.2 Å². The van der Waals surface area contributed by atoms with Crippen LogP contribution in [-0.4, -0.2) is 40.1 Å². The number of hydrogen-bond donors (Lipinski definition) is 1. The van der Waals surface area contributed by atoms with Crippen molar-refractivity contribution >= 4 is 58.0 Å². The van der Waals surface area contributed by atoms with Crippen molar-refractivity contribution < 1.29 is 9.59 Å². The van der Waals surface area contributed by atoms with E-state index in [0.29, 0.717) is 5.69 Å². The first-order valence-electron chi connectivity index (χ1n) is 7.29. The topological polar surface area (TPSA) is 75.2 Å². The highest BCUT2D eigenvalue weighted by molar-refractivity contribution is 8.03. The van der Waals surface area contributed by atoms with Crippen molar-refractivity contribution in [1.29, 1.82) is 0 Å². The number of nitrogens with one attached hydrogen (secondary N) is 1. The van der Waals surface area contributed by atoms with Crippen LogP contribution in [0.2, 0.25) is 0 Å². The van der Waals surface area contributed by atoms with Gasteiger partial charge in [0.2, 0.25) is 11.8 Å². The Morgan fingerprint density at radius 1 is 1.38 bits per heavy atom. The molecule has 0 fully saturated rings. The number of fused-ring (bicyclic) bond motifs is 1. The van der Waals surface area contributed by atoms with Gasteiger partial charge in [-0.05, 0) is 25.3 Å². The Balaban J connectivity index is 1.78. The van der Waals surface area contributed by atoms with Crippen LogP contribution in [0.25, 0.3) is 0 Å². The number of carbonyl (C=O) groups is 2. The zero-order valence-electron chi connectivity index (χ0n) is 13.2. The van der Waals surface area contributed by atoms with Crippen LogP contribution in [0.5, 0.6) is 0 Å². The Labute approximate surface area is 152 Å². The highest BCUT2D eigenvalue weighted by Crippen LogP contribution is 2.33. The molecular weight excluding hydrogens is 364 g/mol. The van der Waals surface area contributed by atoms with E-state index < -0.39 is 0 Å². The van der Waals surface area contributed by atoms with Gasteiger partial charge in [0.1, 0.15) is 0 Å².